The van der Waals surface area contributed by atoms with Crippen LogP contribution in [0.2, 0.25) is 0 Å². The summed E-state index contributed by atoms with van der Waals surface area (Å²) in [6.45, 7) is 3.88. The molecule has 2 aromatic rings. The second kappa shape index (κ2) is 6.46. The number of aryl methyl sites for hydroxylation is 2. The van der Waals surface area contributed by atoms with E-state index in [1.807, 2.05) is 19.9 Å². The van der Waals surface area contributed by atoms with Gasteiger partial charge in [-0.3, -0.25) is 0 Å². The summed E-state index contributed by atoms with van der Waals surface area (Å²) in [7, 11) is 0. The Morgan fingerprint density at radius 2 is 1.86 bits per heavy atom. The van der Waals surface area contributed by atoms with E-state index >= 15 is 0 Å². The molecule has 2 aromatic heterocycles. The molecule has 0 spiro atoms. The lowest BCUT2D eigenvalue weighted by Crippen LogP contribution is -2.19. The predicted octanol–water partition coefficient (Wildman–Crippen LogP) is 3.62. The van der Waals surface area contributed by atoms with Gasteiger partial charge in [0.05, 0.1) is 6.20 Å². The van der Waals surface area contributed by atoms with Crippen LogP contribution in [0, 0.1) is 13.8 Å². The molecule has 0 amide bonds. The zero-order valence-electron chi connectivity index (χ0n) is 13.3. The largest absolute Gasteiger partial charge is 0.459 e. The lowest BCUT2D eigenvalue weighted by atomic mass is 9.98. The molecule has 5 heteroatoms. The standard InChI is InChI=1S/C17H23N3O2/c1-12-10-13(2)20-16(19-12)15(11-18-20)17(21)22-14-8-6-4-3-5-7-9-14/h10-11,14H,3-9H2,1-2H3. The predicted molar refractivity (Wildman–Crippen MR) is 84.0 cm³/mol. The third-order valence-electron chi connectivity index (χ3n) is 4.32. The van der Waals surface area contributed by atoms with E-state index in [-0.39, 0.29) is 12.1 Å². The highest BCUT2D eigenvalue weighted by atomic mass is 16.5. The van der Waals surface area contributed by atoms with Gasteiger partial charge in [-0.05, 0) is 45.6 Å². The summed E-state index contributed by atoms with van der Waals surface area (Å²) >= 11 is 0. The molecule has 0 N–H and O–H groups in total. The molecule has 1 aliphatic rings. The zero-order valence-corrected chi connectivity index (χ0v) is 13.3. The van der Waals surface area contributed by atoms with Crippen molar-refractivity contribution in [2.45, 2.75) is 64.9 Å². The number of carbonyl (C=O) groups is 1. The molecule has 0 saturated heterocycles. The fourth-order valence-electron chi connectivity index (χ4n) is 3.17. The molecule has 2 heterocycles. The van der Waals surface area contributed by atoms with E-state index in [4.69, 9.17) is 4.74 Å². The van der Waals surface area contributed by atoms with Crippen LogP contribution in [0.5, 0.6) is 0 Å². The van der Waals surface area contributed by atoms with Gasteiger partial charge in [0.25, 0.3) is 0 Å². The Morgan fingerprint density at radius 1 is 1.18 bits per heavy atom. The van der Waals surface area contributed by atoms with Crippen molar-refractivity contribution in [1.82, 2.24) is 14.6 Å². The van der Waals surface area contributed by atoms with Crippen LogP contribution in [0.3, 0.4) is 0 Å². The van der Waals surface area contributed by atoms with Crippen molar-refractivity contribution in [2.75, 3.05) is 0 Å². The fraction of sp³-hybridized carbons (Fsp3) is 0.588. The van der Waals surface area contributed by atoms with Crippen molar-refractivity contribution in [3.05, 3.63) is 29.2 Å². The first-order valence-corrected chi connectivity index (χ1v) is 8.18. The summed E-state index contributed by atoms with van der Waals surface area (Å²) < 4.78 is 7.42. The van der Waals surface area contributed by atoms with Gasteiger partial charge in [-0.25, -0.2) is 14.3 Å². The van der Waals surface area contributed by atoms with Gasteiger partial charge >= 0.3 is 5.97 Å². The van der Waals surface area contributed by atoms with Crippen LogP contribution in [0.4, 0.5) is 0 Å². The summed E-state index contributed by atoms with van der Waals surface area (Å²) in [6, 6.07) is 1.95. The van der Waals surface area contributed by atoms with Crippen molar-refractivity contribution in [2.24, 2.45) is 0 Å². The summed E-state index contributed by atoms with van der Waals surface area (Å²) in [5.74, 6) is -0.293. The van der Waals surface area contributed by atoms with Crippen LogP contribution in [-0.2, 0) is 4.74 Å². The fourth-order valence-corrected chi connectivity index (χ4v) is 3.17. The minimum absolute atomic E-state index is 0.0358. The van der Waals surface area contributed by atoms with Gasteiger partial charge in [0.2, 0.25) is 0 Å². The van der Waals surface area contributed by atoms with Crippen LogP contribution in [0.25, 0.3) is 5.65 Å². The van der Waals surface area contributed by atoms with Gasteiger partial charge in [0, 0.05) is 11.4 Å². The first kappa shape index (κ1) is 15.0. The quantitative estimate of drug-likeness (QED) is 0.795. The van der Waals surface area contributed by atoms with E-state index in [0.29, 0.717) is 11.2 Å². The van der Waals surface area contributed by atoms with Crippen LogP contribution < -0.4 is 0 Å². The maximum absolute atomic E-state index is 12.5. The number of nitrogens with zero attached hydrogens (tertiary/aromatic N) is 3. The highest BCUT2D eigenvalue weighted by Gasteiger charge is 2.21. The topological polar surface area (TPSA) is 56.5 Å². The Kier molecular flexibility index (Phi) is 4.41. The normalized spacial score (nSPS) is 17.2. The minimum Gasteiger partial charge on any atom is -0.459 e. The number of rotatable bonds is 2. The molecular weight excluding hydrogens is 278 g/mol. The second-order valence-corrected chi connectivity index (χ2v) is 6.20. The number of ether oxygens (including phenoxy) is 1. The van der Waals surface area contributed by atoms with Crippen molar-refractivity contribution in [3.8, 4) is 0 Å². The number of hydrogen-bond acceptors (Lipinski definition) is 4. The average molecular weight is 301 g/mol. The maximum atomic E-state index is 12.5. The van der Waals surface area contributed by atoms with Gasteiger partial charge in [-0.15, -0.1) is 0 Å². The molecular formula is C17H23N3O2. The van der Waals surface area contributed by atoms with Crippen LogP contribution in [0.15, 0.2) is 12.3 Å². The van der Waals surface area contributed by atoms with Crippen LogP contribution >= 0.6 is 0 Å². The Hall–Kier alpha value is -1.91. The lowest BCUT2D eigenvalue weighted by molar-refractivity contribution is 0.0241. The van der Waals surface area contributed by atoms with Gasteiger partial charge in [0.1, 0.15) is 11.7 Å². The highest BCUT2D eigenvalue weighted by molar-refractivity contribution is 5.95. The summed E-state index contributed by atoms with van der Waals surface area (Å²) in [6.07, 6.45) is 9.61. The number of hydrogen-bond donors (Lipinski definition) is 0. The van der Waals surface area contributed by atoms with Crippen molar-refractivity contribution < 1.29 is 9.53 Å². The molecule has 0 aliphatic heterocycles. The smallest absolute Gasteiger partial charge is 0.343 e. The van der Waals surface area contributed by atoms with Crippen LogP contribution in [0.1, 0.15) is 66.7 Å². The van der Waals surface area contributed by atoms with Crippen molar-refractivity contribution >= 4 is 11.6 Å². The SMILES string of the molecule is Cc1cc(C)n2ncc(C(=O)OC3CCCCCCC3)c2n1. The third-order valence-corrected chi connectivity index (χ3v) is 4.32. The molecule has 22 heavy (non-hydrogen) atoms. The zero-order chi connectivity index (χ0) is 15.5. The Morgan fingerprint density at radius 3 is 2.59 bits per heavy atom. The summed E-state index contributed by atoms with van der Waals surface area (Å²) in [4.78, 5) is 16.9. The first-order chi connectivity index (χ1) is 10.6. The molecule has 5 nitrogen and oxygen atoms in total. The van der Waals surface area contributed by atoms with E-state index in [1.54, 1.807) is 10.7 Å². The second-order valence-electron chi connectivity index (χ2n) is 6.20. The van der Waals surface area contributed by atoms with E-state index in [9.17, 15) is 4.79 Å². The van der Waals surface area contributed by atoms with Gasteiger partial charge in [0.15, 0.2) is 5.65 Å². The van der Waals surface area contributed by atoms with Crippen LogP contribution in [-0.4, -0.2) is 26.7 Å². The third kappa shape index (κ3) is 3.13. The number of aromatic nitrogens is 3. The molecule has 0 atom stereocenters. The maximum Gasteiger partial charge on any atom is 0.343 e. The Labute approximate surface area is 130 Å². The number of esters is 1. The average Bonchev–Trinajstić information content (AvgIpc) is 2.85. The monoisotopic (exact) mass is 301 g/mol. The molecule has 118 valence electrons. The molecule has 1 aliphatic carbocycles. The molecule has 1 fully saturated rings. The van der Waals surface area contributed by atoms with E-state index in [0.717, 1.165) is 37.1 Å². The van der Waals surface area contributed by atoms with Crippen molar-refractivity contribution in [3.63, 3.8) is 0 Å². The minimum atomic E-state index is -0.293. The van der Waals surface area contributed by atoms with Gasteiger partial charge in [-0.2, -0.15) is 5.10 Å². The van der Waals surface area contributed by atoms with Crippen molar-refractivity contribution in [1.29, 1.82) is 0 Å². The lowest BCUT2D eigenvalue weighted by Gasteiger charge is -2.19. The molecule has 0 unspecified atom stereocenters. The number of carbonyl (C=O) groups excluding carboxylic acids is 1. The van der Waals surface area contributed by atoms with E-state index in [1.165, 1.54) is 19.3 Å². The Bertz CT molecular complexity index is 670. The Balaban J connectivity index is 1.79. The molecule has 0 aromatic carbocycles. The first-order valence-electron chi connectivity index (χ1n) is 8.18. The molecule has 0 bridgehead atoms. The summed E-state index contributed by atoms with van der Waals surface area (Å²) in [5.41, 5.74) is 2.90. The molecule has 0 radical (unpaired) electrons. The van der Waals surface area contributed by atoms with Gasteiger partial charge < -0.3 is 4.74 Å². The molecule has 1 saturated carbocycles. The summed E-state index contributed by atoms with van der Waals surface area (Å²) in [5, 5.41) is 4.26. The number of fused-ring (bicyclic) bond motifs is 1. The highest BCUT2D eigenvalue weighted by Crippen LogP contribution is 2.21. The van der Waals surface area contributed by atoms with E-state index in [2.05, 4.69) is 10.1 Å². The molecule has 3 rings (SSSR count). The van der Waals surface area contributed by atoms with E-state index < -0.39 is 0 Å². The van der Waals surface area contributed by atoms with Gasteiger partial charge in [-0.1, -0.05) is 19.3 Å².